The summed E-state index contributed by atoms with van der Waals surface area (Å²) >= 11 is 0. The van der Waals surface area contributed by atoms with Crippen molar-refractivity contribution in [2.24, 2.45) is 5.92 Å². The van der Waals surface area contributed by atoms with E-state index in [-0.39, 0.29) is 11.5 Å². The number of rotatable bonds is 6. The predicted octanol–water partition coefficient (Wildman–Crippen LogP) is 4.33. The van der Waals surface area contributed by atoms with Gasteiger partial charge in [-0.25, -0.2) is 12.8 Å². The smallest absolute Gasteiger partial charge is 0.269 e. The lowest BCUT2D eigenvalue weighted by Crippen LogP contribution is -2.47. The first kappa shape index (κ1) is 21.5. The van der Waals surface area contributed by atoms with Crippen molar-refractivity contribution in [3.63, 3.8) is 0 Å². The van der Waals surface area contributed by atoms with Gasteiger partial charge in [0, 0.05) is 0 Å². The Morgan fingerprint density at radius 3 is 2.38 bits per heavy atom. The Kier molecular flexibility index (Phi) is 6.70. The molecule has 2 N–H and O–H groups in total. The number of sulfonamides is 1. The highest BCUT2D eigenvalue weighted by Crippen LogP contribution is 2.29. The highest BCUT2D eigenvalue weighted by atomic mass is 32.2. The summed E-state index contributed by atoms with van der Waals surface area (Å²) in [4.78, 5) is 14.7. The number of aryl methyl sites for hydroxylation is 1. The van der Waals surface area contributed by atoms with Crippen LogP contribution in [0.2, 0.25) is 0 Å². The minimum atomic E-state index is -3.75. The second kappa shape index (κ2) is 9.05. The van der Waals surface area contributed by atoms with Crippen LogP contribution in [0.4, 0.5) is 4.39 Å². The molecule has 1 aliphatic carbocycles. The Balaban J connectivity index is 1.76. The molecule has 0 saturated heterocycles. The Hall–Kier alpha value is -2.25. The first-order valence-electron chi connectivity index (χ1n) is 9.96. The van der Waals surface area contributed by atoms with Crippen LogP contribution in [-0.2, 0) is 10.0 Å². The third kappa shape index (κ3) is 5.03. The van der Waals surface area contributed by atoms with Crippen molar-refractivity contribution in [2.75, 3.05) is 0 Å². The number of halogens is 1. The van der Waals surface area contributed by atoms with Gasteiger partial charge >= 0.3 is 0 Å². The molecule has 2 aromatic carbocycles. The lowest BCUT2D eigenvalue weighted by atomic mass is 9.87. The molecule has 0 aromatic heterocycles. The lowest BCUT2D eigenvalue weighted by molar-refractivity contribution is 0.0940. The van der Waals surface area contributed by atoms with Crippen molar-refractivity contribution in [2.45, 2.75) is 51.2 Å². The number of nitrogens with one attached hydrogen (secondary N) is 2. The summed E-state index contributed by atoms with van der Waals surface area (Å²) in [5, 5.41) is -0.620. The van der Waals surface area contributed by atoms with Crippen LogP contribution >= 0.6 is 0 Å². The molecular weight excluding hydrogens is 391 g/mol. The Morgan fingerprint density at radius 2 is 1.72 bits per heavy atom. The summed E-state index contributed by atoms with van der Waals surface area (Å²) in [6.45, 7) is 3.24. The maximum atomic E-state index is 14.6. The van der Waals surface area contributed by atoms with Gasteiger partial charge < -0.3 is 0 Å². The average molecular weight is 419 g/mol. The highest BCUT2D eigenvalue weighted by molar-refractivity contribution is 7.90. The maximum absolute atomic E-state index is 14.6. The van der Waals surface area contributed by atoms with E-state index >= 15 is 0 Å². The van der Waals surface area contributed by atoms with E-state index < -0.39 is 27.0 Å². The van der Waals surface area contributed by atoms with Crippen LogP contribution < -0.4 is 10.3 Å². The minimum Gasteiger partial charge on any atom is -0.274 e. The van der Waals surface area contributed by atoms with Crippen molar-refractivity contribution in [1.29, 1.82) is 0 Å². The SMILES string of the molecule is Cc1cc(-c2ccccc2)cc(C(=O)NNS(=O)(=O)C(C)C2CCCCC2)c1F. The van der Waals surface area contributed by atoms with Gasteiger partial charge in [0.1, 0.15) is 5.82 Å². The molecule has 1 aliphatic rings. The van der Waals surface area contributed by atoms with E-state index in [1.165, 1.54) is 6.07 Å². The van der Waals surface area contributed by atoms with E-state index in [9.17, 15) is 17.6 Å². The fourth-order valence-electron chi connectivity index (χ4n) is 3.87. The number of hydrazine groups is 1. The van der Waals surface area contributed by atoms with Crippen LogP contribution in [0.3, 0.4) is 0 Å². The molecule has 5 nitrogen and oxygen atoms in total. The monoisotopic (exact) mass is 418 g/mol. The maximum Gasteiger partial charge on any atom is 0.269 e. The molecule has 0 spiro atoms. The van der Waals surface area contributed by atoms with E-state index in [0.717, 1.165) is 37.7 Å². The summed E-state index contributed by atoms with van der Waals surface area (Å²) in [5.41, 5.74) is 3.84. The number of amides is 1. The normalized spacial score (nSPS) is 16.4. The Labute approximate surface area is 171 Å². The van der Waals surface area contributed by atoms with Gasteiger partial charge in [-0.2, -0.15) is 0 Å². The molecule has 3 rings (SSSR count). The Bertz CT molecular complexity index is 971. The average Bonchev–Trinajstić information content (AvgIpc) is 2.74. The van der Waals surface area contributed by atoms with Crippen LogP contribution in [0, 0.1) is 18.7 Å². The van der Waals surface area contributed by atoms with Crippen LogP contribution in [0.15, 0.2) is 42.5 Å². The van der Waals surface area contributed by atoms with E-state index in [1.54, 1.807) is 19.9 Å². The van der Waals surface area contributed by atoms with Gasteiger partial charge in [0.2, 0.25) is 10.0 Å². The molecule has 0 aliphatic heterocycles. The minimum absolute atomic E-state index is 0.0681. The molecule has 1 amide bonds. The zero-order valence-corrected chi connectivity index (χ0v) is 17.6. The summed E-state index contributed by atoms with van der Waals surface area (Å²) in [6, 6.07) is 12.4. The predicted molar refractivity (Wildman–Crippen MR) is 112 cm³/mol. The van der Waals surface area contributed by atoms with E-state index in [2.05, 4.69) is 10.3 Å². The van der Waals surface area contributed by atoms with Crippen molar-refractivity contribution < 1.29 is 17.6 Å². The number of hydrogen-bond donors (Lipinski definition) is 2. The number of carbonyl (C=O) groups is 1. The van der Waals surface area contributed by atoms with Crippen LogP contribution in [0.1, 0.15) is 54.9 Å². The number of hydrogen-bond acceptors (Lipinski definition) is 3. The topological polar surface area (TPSA) is 75.3 Å². The molecular formula is C22H27FN2O3S. The van der Waals surface area contributed by atoms with E-state index in [1.807, 2.05) is 30.3 Å². The molecule has 0 radical (unpaired) electrons. The van der Waals surface area contributed by atoms with Crippen LogP contribution in [-0.4, -0.2) is 19.6 Å². The number of carbonyl (C=O) groups excluding carboxylic acids is 1. The third-order valence-electron chi connectivity index (χ3n) is 5.72. The van der Waals surface area contributed by atoms with Crippen molar-refractivity contribution in [1.82, 2.24) is 10.3 Å². The second-order valence-electron chi connectivity index (χ2n) is 7.73. The van der Waals surface area contributed by atoms with Gasteiger partial charge in [0.05, 0.1) is 10.8 Å². The fourth-order valence-corrected chi connectivity index (χ4v) is 5.07. The molecule has 1 atom stereocenters. The first-order valence-corrected chi connectivity index (χ1v) is 11.5. The molecule has 0 heterocycles. The number of benzene rings is 2. The summed E-state index contributed by atoms with van der Waals surface area (Å²) in [6.07, 6.45) is 4.90. The van der Waals surface area contributed by atoms with Gasteiger partial charge in [-0.3, -0.25) is 10.2 Å². The molecule has 156 valence electrons. The Morgan fingerprint density at radius 1 is 1.07 bits per heavy atom. The van der Waals surface area contributed by atoms with Gasteiger partial charge in [-0.15, -0.1) is 4.83 Å². The zero-order valence-electron chi connectivity index (χ0n) is 16.7. The highest BCUT2D eigenvalue weighted by Gasteiger charge is 2.31. The molecule has 7 heteroatoms. The van der Waals surface area contributed by atoms with Crippen molar-refractivity contribution in [3.05, 3.63) is 59.4 Å². The molecule has 1 unspecified atom stereocenters. The van der Waals surface area contributed by atoms with E-state index in [0.29, 0.717) is 11.1 Å². The third-order valence-corrected chi connectivity index (χ3v) is 7.47. The van der Waals surface area contributed by atoms with Crippen LogP contribution in [0.25, 0.3) is 11.1 Å². The van der Waals surface area contributed by atoms with Gasteiger partial charge in [0.25, 0.3) is 5.91 Å². The largest absolute Gasteiger partial charge is 0.274 e. The molecule has 1 saturated carbocycles. The zero-order chi connectivity index (χ0) is 21.0. The standard InChI is InChI=1S/C22H27FN2O3S/c1-15-13-19(18-11-7-4-8-12-18)14-20(21(15)23)22(26)24-25-29(27,28)16(2)17-9-5-3-6-10-17/h4,7-8,11-14,16-17,25H,3,5-6,9-10H2,1-2H3,(H,24,26). The van der Waals surface area contributed by atoms with Gasteiger partial charge in [-0.1, -0.05) is 49.6 Å². The summed E-state index contributed by atoms with van der Waals surface area (Å²) in [7, 11) is -3.75. The molecule has 1 fully saturated rings. The summed E-state index contributed by atoms with van der Waals surface area (Å²) in [5.74, 6) is -1.41. The van der Waals surface area contributed by atoms with Gasteiger partial charge in [-0.05, 0) is 61.4 Å². The summed E-state index contributed by atoms with van der Waals surface area (Å²) < 4.78 is 39.8. The molecule has 2 aromatic rings. The molecule has 0 bridgehead atoms. The first-order chi connectivity index (χ1) is 13.8. The van der Waals surface area contributed by atoms with Crippen molar-refractivity contribution >= 4 is 15.9 Å². The quantitative estimate of drug-likeness (QED) is 0.686. The van der Waals surface area contributed by atoms with Crippen molar-refractivity contribution in [3.8, 4) is 11.1 Å². The lowest BCUT2D eigenvalue weighted by Gasteiger charge is -2.27. The fraction of sp³-hybridized carbons (Fsp3) is 0.409. The molecule has 29 heavy (non-hydrogen) atoms. The van der Waals surface area contributed by atoms with Gasteiger partial charge in [0.15, 0.2) is 0 Å². The van der Waals surface area contributed by atoms with E-state index in [4.69, 9.17) is 0 Å². The van der Waals surface area contributed by atoms with Crippen LogP contribution in [0.5, 0.6) is 0 Å². The second-order valence-corrected chi connectivity index (χ2v) is 9.76.